The van der Waals surface area contributed by atoms with Gasteiger partial charge in [0.25, 0.3) is 0 Å². The molecule has 0 spiro atoms. The minimum atomic E-state index is -4.11. The monoisotopic (exact) mass is 288 g/mol. The minimum absolute atomic E-state index is 0.684. The van der Waals surface area contributed by atoms with Crippen LogP contribution in [-0.2, 0) is 27.4 Å². The van der Waals surface area contributed by atoms with E-state index in [2.05, 4.69) is 0 Å². The summed E-state index contributed by atoms with van der Waals surface area (Å²) in [5.74, 6) is 1.79. The van der Waals surface area contributed by atoms with Crippen LogP contribution in [0.3, 0.4) is 0 Å². The standard InChI is InChI=1S/C6H6O2S.Mo.3O/c1-2-8-6-4-9-3-5(6)7-1;;;;/h3-4H,1-2H2;;;;. The van der Waals surface area contributed by atoms with Crippen molar-refractivity contribution in [3.8, 4) is 11.5 Å². The van der Waals surface area contributed by atoms with E-state index in [1.807, 2.05) is 10.8 Å². The summed E-state index contributed by atoms with van der Waals surface area (Å²) in [7, 11) is 0. The van der Waals surface area contributed by atoms with E-state index >= 15 is 0 Å². The molecular formula is C6H6MoO5S. The number of fused-ring (bicyclic) bond motifs is 1. The molecule has 0 unspecified atom stereocenters. The second-order valence-electron chi connectivity index (χ2n) is 2.00. The van der Waals surface area contributed by atoms with Gasteiger partial charge in [-0.3, -0.25) is 0 Å². The molecule has 0 bridgehead atoms. The summed E-state index contributed by atoms with van der Waals surface area (Å²) in [6, 6.07) is 0. The molecule has 0 amide bonds. The second kappa shape index (κ2) is 5.19. The molecule has 72 valence electrons. The summed E-state index contributed by atoms with van der Waals surface area (Å²) in [5, 5.41) is 3.91. The SMILES string of the molecule is [O]=[Mo](=[O])=[O].c1scc2c1OCCO2. The van der Waals surface area contributed by atoms with Gasteiger partial charge in [0.05, 0.1) is 0 Å². The molecule has 0 saturated heterocycles. The molecule has 0 N–H and O–H groups in total. The smallest absolute Gasteiger partial charge is 0.172 e. The van der Waals surface area contributed by atoms with E-state index in [0.29, 0.717) is 13.2 Å². The summed E-state index contributed by atoms with van der Waals surface area (Å²) < 4.78 is 36.3. The van der Waals surface area contributed by atoms with Crippen molar-refractivity contribution in [3.05, 3.63) is 10.8 Å². The zero-order valence-electron chi connectivity index (χ0n) is 6.43. The zero-order chi connectivity index (χ0) is 9.68. The van der Waals surface area contributed by atoms with Gasteiger partial charge in [-0.1, -0.05) is 0 Å². The van der Waals surface area contributed by atoms with Crippen LogP contribution in [0.25, 0.3) is 0 Å². The van der Waals surface area contributed by atoms with Crippen molar-refractivity contribution in [2.75, 3.05) is 13.2 Å². The summed E-state index contributed by atoms with van der Waals surface area (Å²) in [5.41, 5.74) is 0. The number of ether oxygens (including phenoxy) is 2. The topological polar surface area (TPSA) is 69.7 Å². The molecule has 2 heterocycles. The van der Waals surface area contributed by atoms with E-state index in [0.717, 1.165) is 11.5 Å². The van der Waals surface area contributed by atoms with Crippen molar-refractivity contribution >= 4 is 11.3 Å². The van der Waals surface area contributed by atoms with Crippen molar-refractivity contribution in [1.82, 2.24) is 0 Å². The molecule has 0 aromatic carbocycles. The van der Waals surface area contributed by atoms with Gasteiger partial charge in [-0.15, -0.1) is 11.3 Å². The fourth-order valence-corrected chi connectivity index (χ4v) is 1.47. The molecule has 13 heavy (non-hydrogen) atoms. The van der Waals surface area contributed by atoms with E-state index in [4.69, 9.17) is 19.7 Å². The molecule has 1 aliphatic rings. The van der Waals surface area contributed by atoms with Gasteiger partial charge >= 0.3 is 27.4 Å². The summed E-state index contributed by atoms with van der Waals surface area (Å²) >= 11 is -2.50. The van der Waals surface area contributed by atoms with Crippen LogP contribution >= 0.6 is 11.3 Å². The van der Waals surface area contributed by atoms with Crippen molar-refractivity contribution < 1.29 is 36.9 Å². The summed E-state index contributed by atoms with van der Waals surface area (Å²) in [6.45, 7) is 1.37. The van der Waals surface area contributed by atoms with E-state index < -0.39 is 17.2 Å². The molecule has 0 aliphatic carbocycles. The van der Waals surface area contributed by atoms with Crippen molar-refractivity contribution in [3.63, 3.8) is 0 Å². The van der Waals surface area contributed by atoms with E-state index in [1.54, 1.807) is 11.3 Å². The van der Waals surface area contributed by atoms with Gasteiger partial charge in [-0.2, -0.15) is 0 Å². The molecule has 1 aromatic heterocycles. The summed E-state index contributed by atoms with van der Waals surface area (Å²) in [6.07, 6.45) is 0. The molecular weight excluding hydrogens is 280 g/mol. The average Bonchev–Trinajstić information content (AvgIpc) is 2.49. The van der Waals surface area contributed by atoms with Crippen LogP contribution in [0.15, 0.2) is 10.8 Å². The first-order valence-corrected chi connectivity index (χ1v) is 6.69. The number of hydrogen-bond donors (Lipinski definition) is 0. The van der Waals surface area contributed by atoms with Gasteiger partial charge in [0.2, 0.25) is 0 Å². The zero-order valence-corrected chi connectivity index (χ0v) is 9.25. The van der Waals surface area contributed by atoms with Crippen LogP contribution in [0.4, 0.5) is 0 Å². The Morgan fingerprint density at radius 2 is 1.46 bits per heavy atom. The third-order valence-corrected chi connectivity index (χ3v) is 1.89. The Hall–Kier alpha value is -0.612. The van der Waals surface area contributed by atoms with E-state index in [1.165, 1.54) is 0 Å². The average molecular weight is 286 g/mol. The fraction of sp³-hybridized carbons (Fsp3) is 0.333. The van der Waals surface area contributed by atoms with Crippen LogP contribution in [0.5, 0.6) is 11.5 Å². The third kappa shape index (κ3) is 3.74. The fourth-order valence-electron chi connectivity index (χ4n) is 0.787. The molecule has 5 nitrogen and oxygen atoms in total. The van der Waals surface area contributed by atoms with Crippen LogP contribution < -0.4 is 9.47 Å². The van der Waals surface area contributed by atoms with Crippen molar-refractivity contribution in [2.45, 2.75) is 0 Å². The maximum atomic E-state index is 8.59. The van der Waals surface area contributed by atoms with Gasteiger partial charge in [-0.25, -0.2) is 0 Å². The van der Waals surface area contributed by atoms with Gasteiger partial charge in [0, 0.05) is 10.8 Å². The molecule has 7 heteroatoms. The van der Waals surface area contributed by atoms with Crippen LogP contribution in [-0.4, -0.2) is 13.2 Å². The molecule has 0 fully saturated rings. The van der Waals surface area contributed by atoms with Crippen molar-refractivity contribution in [1.29, 1.82) is 0 Å². The molecule has 0 atom stereocenters. The molecule has 0 saturated carbocycles. The molecule has 1 aromatic rings. The first-order valence-electron chi connectivity index (χ1n) is 3.28. The van der Waals surface area contributed by atoms with Crippen molar-refractivity contribution in [2.24, 2.45) is 0 Å². The Morgan fingerprint density at radius 1 is 1.08 bits per heavy atom. The predicted octanol–water partition coefficient (Wildman–Crippen LogP) is 1.16. The maximum Gasteiger partial charge on any atom is 0.172 e. The normalized spacial score (nSPS) is 12.6. The molecule has 0 radical (unpaired) electrons. The Morgan fingerprint density at radius 3 is 1.85 bits per heavy atom. The van der Waals surface area contributed by atoms with E-state index in [9.17, 15) is 0 Å². The number of thiophene rings is 1. The number of rotatable bonds is 0. The molecule has 1 aliphatic heterocycles. The Kier molecular flexibility index (Phi) is 4.18. The van der Waals surface area contributed by atoms with Gasteiger partial charge in [-0.05, 0) is 0 Å². The molecule has 2 rings (SSSR count). The van der Waals surface area contributed by atoms with Gasteiger partial charge < -0.3 is 9.47 Å². The minimum Gasteiger partial charge on any atom is -0.485 e. The summed E-state index contributed by atoms with van der Waals surface area (Å²) in [4.78, 5) is 0. The largest absolute Gasteiger partial charge is 0.485 e. The predicted molar refractivity (Wildman–Crippen MR) is 37.4 cm³/mol. The maximum absolute atomic E-state index is 8.59. The van der Waals surface area contributed by atoms with Gasteiger partial charge in [0.1, 0.15) is 13.2 Å². The van der Waals surface area contributed by atoms with Crippen LogP contribution in [0.1, 0.15) is 0 Å². The first-order chi connectivity index (χ1) is 6.20. The van der Waals surface area contributed by atoms with Crippen LogP contribution in [0, 0.1) is 0 Å². The number of hydrogen-bond acceptors (Lipinski definition) is 6. The van der Waals surface area contributed by atoms with Gasteiger partial charge in [0.15, 0.2) is 11.5 Å². The van der Waals surface area contributed by atoms with E-state index in [-0.39, 0.29) is 0 Å². The Labute approximate surface area is 83.8 Å². The second-order valence-corrected chi connectivity index (χ2v) is 3.75. The van der Waals surface area contributed by atoms with Crippen LogP contribution in [0.2, 0.25) is 0 Å². The quantitative estimate of drug-likeness (QED) is 0.669. The Bertz CT molecular complexity index is 339. The Balaban J connectivity index is 0.000000184. The third-order valence-electron chi connectivity index (χ3n) is 1.19. The first kappa shape index (κ1) is 10.5.